The van der Waals surface area contributed by atoms with Crippen LogP contribution in [0.3, 0.4) is 0 Å². The molecule has 1 aliphatic heterocycles. The number of aliphatic hydroxyl groups is 1. The summed E-state index contributed by atoms with van der Waals surface area (Å²) in [6.45, 7) is 6.17. The van der Waals surface area contributed by atoms with E-state index in [1.165, 1.54) is 5.56 Å². The van der Waals surface area contributed by atoms with E-state index >= 15 is 0 Å². The zero-order chi connectivity index (χ0) is 13.5. The van der Waals surface area contributed by atoms with Gasteiger partial charge in [-0.25, -0.2) is 0 Å². The molecule has 0 aromatic heterocycles. The Balaban J connectivity index is 1.97. The fraction of sp³-hybridized carbons (Fsp3) is 0.600. The van der Waals surface area contributed by atoms with Crippen LogP contribution in [0.4, 0.5) is 0 Å². The van der Waals surface area contributed by atoms with Gasteiger partial charge in [-0.1, -0.05) is 25.1 Å². The van der Waals surface area contributed by atoms with Gasteiger partial charge in [0.1, 0.15) is 12.4 Å². The maximum Gasteiger partial charge on any atom is 0.123 e. The third kappa shape index (κ3) is 4.20. The van der Waals surface area contributed by atoms with Crippen LogP contribution in [-0.2, 0) is 11.3 Å². The van der Waals surface area contributed by atoms with Gasteiger partial charge in [0.2, 0.25) is 0 Å². The van der Waals surface area contributed by atoms with Crippen molar-refractivity contribution in [2.45, 2.75) is 26.0 Å². The maximum atomic E-state index is 8.85. The summed E-state index contributed by atoms with van der Waals surface area (Å²) in [7, 11) is 0. The predicted octanol–water partition coefficient (Wildman–Crippen LogP) is 1.67. The van der Waals surface area contributed by atoms with Gasteiger partial charge in [-0.2, -0.15) is 0 Å². The van der Waals surface area contributed by atoms with Crippen molar-refractivity contribution in [1.82, 2.24) is 4.90 Å². The zero-order valence-corrected chi connectivity index (χ0v) is 11.5. The van der Waals surface area contributed by atoms with Gasteiger partial charge in [0.15, 0.2) is 0 Å². The molecule has 1 fully saturated rings. The summed E-state index contributed by atoms with van der Waals surface area (Å²) >= 11 is 0. The van der Waals surface area contributed by atoms with Crippen LogP contribution >= 0.6 is 0 Å². The van der Waals surface area contributed by atoms with Gasteiger partial charge in [-0.15, -0.1) is 0 Å². The van der Waals surface area contributed by atoms with Gasteiger partial charge in [0.05, 0.1) is 19.3 Å². The Bertz CT molecular complexity index is 383. The molecule has 1 unspecified atom stereocenters. The summed E-state index contributed by atoms with van der Waals surface area (Å²) in [6, 6.07) is 8.04. The molecule has 4 heteroatoms. The molecule has 2 rings (SSSR count). The van der Waals surface area contributed by atoms with E-state index in [0.717, 1.165) is 38.4 Å². The Kier molecular flexibility index (Phi) is 5.63. The number of hydrogen-bond acceptors (Lipinski definition) is 4. The second kappa shape index (κ2) is 7.48. The zero-order valence-electron chi connectivity index (χ0n) is 11.5. The van der Waals surface area contributed by atoms with Crippen molar-refractivity contribution in [3.63, 3.8) is 0 Å². The van der Waals surface area contributed by atoms with Crippen LogP contribution in [0.2, 0.25) is 0 Å². The number of para-hydroxylation sites is 1. The van der Waals surface area contributed by atoms with E-state index in [9.17, 15) is 0 Å². The van der Waals surface area contributed by atoms with Crippen molar-refractivity contribution in [2.75, 3.05) is 32.9 Å². The van der Waals surface area contributed by atoms with Gasteiger partial charge in [-0.3, -0.25) is 4.90 Å². The number of nitrogens with zero attached hydrogens (tertiary/aromatic N) is 1. The van der Waals surface area contributed by atoms with E-state index in [2.05, 4.69) is 17.9 Å². The first-order chi connectivity index (χ1) is 9.33. The minimum absolute atomic E-state index is 0.0454. The smallest absolute Gasteiger partial charge is 0.123 e. The van der Waals surface area contributed by atoms with E-state index in [4.69, 9.17) is 14.6 Å². The molecule has 0 saturated carbocycles. The first kappa shape index (κ1) is 14.3. The summed E-state index contributed by atoms with van der Waals surface area (Å²) in [4.78, 5) is 2.40. The molecule has 0 amide bonds. The van der Waals surface area contributed by atoms with Crippen molar-refractivity contribution in [2.24, 2.45) is 0 Å². The number of aliphatic hydroxyl groups excluding tert-OH is 1. The van der Waals surface area contributed by atoms with Gasteiger partial charge in [0, 0.05) is 25.2 Å². The molecule has 1 atom stereocenters. The van der Waals surface area contributed by atoms with Crippen LogP contribution in [0.1, 0.15) is 18.9 Å². The lowest BCUT2D eigenvalue weighted by Crippen LogP contribution is -2.41. The lowest BCUT2D eigenvalue weighted by molar-refractivity contribution is -0.0326. The highest BCUT2D eigenvalue weighted by Crippen LogP contribution is 2.21. The molecular weight excluding hydrogens is 242 g/mol. The minimum Gasteiger partial charge on any atom is -0.491 e. The van der Waals surface area contributed by atoms with Crippen LogP contribution in [0.15, 0.2) is 24.3 Å². The second-order valence-electron chi connectivity index (χ2n) is 4.82. The van der Waals surface area contributed by atoms with Crippen LogP contribution in [-0.4, -0.2) is 49.0 Å². The van der Waals surface area contributed by atoms with Crippen molar-refractivity contribution in [1.29, 1.82) is 0 Å². The molecule has 1 heterocycles. The van der Waals surface area contributed by atoms with E-state index < -0.39 is 0 Å². The average Bonchev–Trinajstić information content (AvgIpc) is 2.46. The van der Waals surface area contributed by atoms with E-state index in [1.807, 2.05) is 18.2 Å². The van der Waals surface area contributed by atoms with Gasteiger partial charge >= 0.3 is 0 Å². The molecular formula is C15H23NO3. The van der Waals surface area contributed by atoms with Crippen LogP contribution in [0, 0.1) is 0 Å². The Hall–Kier alpha value is -1.10. The largest absolute Gasteiger partial charge is 0.491 e. The van der Waals surface area contributed by atoms with Crippen LogP contribution in [0.5, 0.6) is 5.75 Å². The molecule has 1 aromatic carbocycles. The SMILES string of the molecule is CCC1CN(Cc2ccccc2OCCO)CCO1. The number of benzene rings is 1. The maximum absolute atomic E-state index is 8.85. The molecule has 1 saturated heterocycles. The Labute approximate surface area is 114 Å². The van der Waals surface area contributed by atoms with E-state index in [1.54, 1.807) is 0 Å². The van der Waals surface area contributed by atoms with Crippen molar-refractivity contribution >= 4 is 0 Å². The minimum atomic E-state index is 0.0454. The standard InChI is InChI=1S/C15H23NO3/c1-2-14-12-16(7-9-18-14)11-13-5-3-4-6-15(13)19-10-8-17/h3-6,14,17H,2,7-12H2,1H3. The quantitative estimate of drug-likeness (QED) is 0.849. The van der Waals surface area contributed by atoms with Gasteiger partial charge in [-0.05, 0) is 12.5 Å². The molecule has 0 spiro atoms. The molecule has 4 nitrogen and oxygen atoms in total. The summed E-state index contributed by atoms with van der Waals surface area (Å²) in [6.07, 6.45) is 1.40. The third-order valence-electron chi connectivity index (χ3n) is 3.39. The number of hydrogen-bond donors (Lipinski definition) is 1. The monoisotopic (exact) mass is 265 g/mol. The normalized spacial score (nSPS) is 20.4. The summed E-state index contributed by atoms with van der Waals surface area (Å²) in [5.74, 6) is 0.871. The molecule has 0 bridgehead atoms. The summed E-state index contributed by atoms with van der Waals surface area (Å²) < 4.78 is 11.3. The van der Waals surface area contributed by atoms with E-state index in [0.29, 0.717) is 12.7 Å². The Morgan fingerprint density at radius 1 is 1.42 bits per heavy atom. The number of ether oxygens (including phenoxy) is 2. The molecule has 1 aliphatic rings. The molecule has 1 N–H and O–H groups in total. The Morgan fingerprint density at radius 2 is 2.26 bits per heavy atom. The van der Waals surface area contributed by atoms with E-state index in [-0.39, 0.29) is 6.61 Å². The van der Waals surface area contributed by atoms with Crippen molar-refractivity contribution in [3.8, 4) is 5.75 Å². The fourth-order valence-corrected chi connectivity index (χ4v) is 2.34. The van der Waals surface area contributed by atoms with Crippen molar-refractivity contribution < 1.29 is 14.6 Å². The lowest BCUT2D eigenvalue weighted by Gasteiger charge is -2.32. The molecule has 0 radical (unpaired) electrons. The van der Waals surface area contributed by atoms with Gasteiger partial charge in [0.25, 0.3) is 0 Å². The Morgan fingerprint density at radius 3 is 3.05 bits per heavy atom. The average molecular weight is 265 g/mol. The second-order valence-corrected chi connectivity index (χ2v) is 4.82. The van der Waals surface area contributed by atoms with Crippen LogP contribution in [0.25, 0.3) is 0 Å². The van der Waals surface area contributed by atoms with Crippen molar-refractivity contribution in [3.05, 3.63) is 29.8 Å². The highest BCUT2D eigenvalue weighted by atomic mass is 16.5. The first-order valence-electron chi connectivity index (χ1n) is 6.99. The summed E-state index contributed by atoms with van der Waals surface area (Å²) in [5.41, 5.74) is 1.17. The summed E-state index contributed by atoms with van der Waals surface area (Å²) in [5, 5.41) is 8.85. The highest BCUT2D eigenvalue weighted by molar-refractivity contribution is 5.33. The first-order valence-corrected chi connectivity index (χ1v) is 6.99. The third-order valence-corrected chi connectivity index (χ3v) is 3.39. The number of morpholine rings is 1. The highest BCUT2D eigenvalue weighted by Gasteiger charge is 2.19. The topological polar surface area (TPSA) is 41.9 Å². The predicted molar refractivity (Wildman–Crippen MR) is 74.3 cm³/mol. The molecule has 1 aromatic rings. The molecule has 106 valence electrons. The van der Waals surface area contributed by atoms with Gasteiger partial charge < -0.3 is 14.6 Å². The van der Waals surface area contributed by atoms with Crippen LogP contribution < -0.4 is 4.74 Å². The molecule has 19 heavy (non-hydrogen) atoms. The fourth-order valence-electron chi connectivity index (χ4n) is 2.34. The molecule has 0 aliphatic carbocycles. The lowest BCUT2D eigenvalue weighted by atomic mass is 10.1. The number of rotatable bonds is 6.